The molecule has 0 aromatic carbocycles. The molecule has 1 aliphatic heterocycles. The summed E-state index contributed by atoms with van der Waals surface area (Å²) in [7, 11) is 3.65. The molecule has 0 aromatic heterocycles. The second kappa shape index (κ2) is 2.46. The molecule has 2 atom stereocenters. The monoisotopic (exact) mass is 169 g/mol. The third kappa shape index (κ3) is 1.04. The van der Waals surface area contributed by atoms with E-state index >= 15 is 0 Å². The van der Waals surface area contributed by atoms with Crippen LogP contribution in [0.3, 0.4) is 0 Å². The zero-order valence-electron chi connectivity index (χ0n) is 7.67. The number of hydrogen-bond acceptors (Lipinski definition) is 2. The molecule has 1 saturated heterocycles. The topological polar surface area (TPSA) is 29.5 Å². The molecule has 1 saturated carbocycles. The van der Waals surface area contributed by atoms with Gasteiger partial charge in [0.1, 0.15) is 0 Å². The molecule has 2 unspecified atom stereocenters. The molecule has 2 aliphatic rings. The van der Waals surface area contributed by atoms with Gasteiger partial charge in [0.25, 0.3) is 0 Å². The summed E-state index contributed by atoms with van der Waals surface area (Å²) in [4.78, 5) is 13.2. The minimum atomic E-state index is 0.251. The molecule has 1 heterocycles. The Kier molecular flexibility index (Phi) is 1.65. The van der Waals surface area contributed by atoms with Gasteiger partial charge in [-0.2, -0.15) is 0 Å². The van der Waals surface area contributed by atoms with Gasteiger partial charge >= 0.3 is 0 Å². The molecule has 2 fully saturated rings. The number of rotatable bonds is 1. The van der Waals surface area contributed by atoms with E-state index < -0.39 is 0 Å². The van der Waals surface area contributed by atoms with Crippen LogP contribution in [0.4, 0.5) is 0 Å². The van der Waals surface area contributed by atoms with Crippen molar-refractivity contribution in [3.8, 4) is 0 Å². The molecule has 1 amide bonds. The highest BCUT2D eigenvalue weighted by molar-refractivity contribution is 5.82. The van der Waals surface area contributed by atoms with E-state index in [0.29, 0.717) is 0 Å². The second-order valence-corrected chi connectivity index (χ2v) is 4.15. The van der Waals surface area contributed by atoms with Gasteiger partial charge in [-0.1, -0.05) is 0 Å². The van der Waals surface area contributed by atoms with Crippen LogP contribution in [0.1, 0.15) is 12.8 Å². The fourth-order valence-electron chi connectivity index (χ4n) is 2.07. The quantitative estimate of drug-likeness (QED) is 0.572. The van der Waals surface area contributed by atoms with E-state index in [2.05, 4.69) is 0 Å². The molecular weight excluding hydrogens is 154 g/mol. The average molecular weight is 169 g/mol. The third-order valence-corrected chi connectivity index (χ3v) is 3.06. The fraction of sp³-hybridized carbons (Fsp3) is 0.889. The SMILES string of the molecule is CN(C)C(=O)C1CC12CCOC2. The number of carbonyl (C=O) groups excluding carboxylic acids is 1. The Morgan fingerprint density at radius 1 is 1.58 bits per heavy atom. The van der Waals surface area contributed by atoms with Crippen LogP contribution < -0.4 is 0 Å². The lowest BCUT2D eigenvalue weighted by molar-refractivity contribution is -0.130. The highest BCUT2D eigenvalue weighted by Crippen LogP contribution is 2.58. The van der Waals surface area contributed by atoms with Gasteiger partial charge < -0.3 is 9.64 Å². The van der Waals surface area contributed by atoms with Crippen molar-refractivity contribution in [1.82, 2.24) is 4.90 Å². The zero-order valence-corrected chi connectivity index (χ0v) is 7.67. The minimum Gasteiger partial charge on any atom is -0.381 e. The Hall–Kier alpha value is -0.570. The Balaban J connectivity index is 1.98. The number of amides is 1. The van der Waals surface area contributed by atoms with E-state index in [0.717, 1.165) is 26.1 Å². The summed E-state index contributed by atoms with van der Waals surface area (Å²) >= 11 is 0. The van der Waals surface area contributed by atoms with Crippen molar-refractivity contribution in [2.75, 3.05) is 27.3 Å². The average Bonchev–Trinajstić information content (AvgIpc) is 2.48. The Bertz CT molecular complexity index is 207. The molecule has 0 radical (unpaired) electrons. The molecular formula is C9H15NO2. The molecule has 12 heavy (non-hydrogen) atoms. The summed E-state index contributed by atoms with van der Waals surface area (Å²) in [5.41, 5.74) is 0.251. The summed E-state index contributed by atoms with van der Waals surface area (Å²) in [6.45, 7) is 1.65. The minimum absolute atomic E-state index is 0.251. The maximum atomic E-state index is 11.5. The maximum Gasteiger partial charge on any atom is 0.225 e. The molecule has 68 valence electrons. The summed E-state index contributed by atoms with van der Waals surface area (Å²) in [5.74, 6) is 0.537. The van der Waals surface area contributed by atoms with Crippen LogP contribution >= 0.6 is 0 Å². The van der Waals surface area contributed by atoms with Crippen molar-refractivity contribution >= 4 is 5.91 Å². The van der Waals surface area contributed by atoms with Gasteiger partial charge in [0.05, 0.1) is 6.61 Å². The Morgan fingerprint density at radius 2 is 2.33 bits per heavy atom. The summed E-state index contributed by atoms with van der Waals surface area (Å²) < 4.78 is 5.31. The lowest BCUT2D eigenvalue weighted by atomic mass is 10.0. The van der Waals surface area contributed by atoms with Crippen LogP contribution in [0.5, 0.6) is 0 Å². The molecule has 1 aliphatic carbocycles. The summed E-state index contributed by atoms with van der Waals surface area (Å²) in [6.07, 6.45) is 2.13. The highest BCUT2D eigenvalue weighted by Gasteiger charge is 2.60. The first-order valence-corrected chi connectivity index (χ1v) is 4.45. The summed E-state index contributed by atoms with van der Waals surface area (Å²) in [5, 5.41) is 0. The molecule has 0 aromatic rings. The van der Waals surface area contributed by atoms with E-state index in [1.54, 1.807) is 4.90 Å². The zero-order chi connectivity index (χ0) is 8.77. The van der Waals surface area contributed by atoms with Crippen LogP contribution in [0.25, 0.3) is 0 Å². The molecule has 2 rings (SSSR count). The number of nitrogens with zero attached hydrogens (tertiary/aromatic N) is 1. The van der Waals surface area contributed by atoms with E-state index in [1.807, 2.05) is 14.1 Å². The number of carbonyl (C=O) groups is 1. The van der Waals surface area contributed by atoms with Crippen LogP contribution in [0.2, 0.25) is 0 Å². The van der Waals surface area contributed by atoms with E-state index in [9.17, 15) is 4.79 Å². The van der Waals surface area contributed by atoms with Gasteiger partial charge in [0.2, 0.25) is 5.91 Å². The van der Waals surface area contributed by atoms with E-state index in [1.165, 1.54) is 0 Å². The van der Waals surface area contributed by atoms with Crippen LogP contribution in [0.15, 0.2) is 0 Å². The van der Waals surface area contributed by atoms with Crippen LogP contribution in [-0.4, -0.2) is 38.1 Å². The highest BCUT2D eigenvalue weighted by atomic mass is 16.5. The first kappa shape index (κ1) is 8.05. The van der Waals surface area contributed by atoms with E-state index in [-0.39, 0.29) is 17.2 Å². The number of hydrogen-bond donors (Lipinski definition) is 0. The summed E-state index contributed by atoms with van der Waals surface area (Å²) in [6, 6.07) is 0. The van der Waals surface area contributed by atoms with Gasteiger partial charge in [0.15, 0.2) is 0 Å². The number of ether oxygens (including phenoxy) is 1. The molecule has 0 N–H and O–H groups in total. The van der Waals surface area contributed by atoms with Gasteiger partial charge in [-0.05, 0) is 12.8 Å². The molecule has 1 spiro atoms. The first-order chi connectivity index (χ1) is 5.66. The molecule has 3 nitrogen and oxygen atoms in total. The van der Waals surface area contributed by atoms with Crippen molar-refractivity contribution < 1.29 is 9.53 Å². The Morgan fingerprint density at radius 3 is 2.83 bits per heavy atom. The normalized spacial score (nSPS) is 38.7. The predicted octanol–water partition coefficient (Wildman–Crippen LogP) is 0.501. The van der Waals surface area contributed by atoms with Crippen molar-refractivity contribution in [1.29, 1.82) is 0 Å². The third-order valence-electron chi connectivity index (χ3n) is 3.06. The molecule has 0 bridgehead atoms. The fourth-order valence-corrected chi connectivity index (χ4v) is 2.07. The standard InChI is InChI=1S/C9H15NO2/c1-10(2)8(11)7-5-9(7)3-4-12-6-9/h7H,3-6H2,1-2H3. The maximum absolute atomic E-state index is 11.5. The predicted molar refractivity (Wildman–Crippen MR) is 44.7 cm³/mol. The van der Waals surface area contributed by atoms with Gasteiger partial charge in [-0.3, -0.25) is 4.79 Å². The lowest BCUT2D eigenvalue weighted by Gasteiger charge is -2.11. The van der Waals surface area contributed by atoms with Crippen molar-refractivity contribution in [3.63, 3.8) is 0 Å². The van der Waals surface area contributed by atoms with Crippen molar-refractivity contribution in [3.05, 3.63) is 0 Å². The van der Waals surface area contributed by atoms with Crippen LogP contribution in [0, 0.1) is 11.3 Å². The largest absolute Gasteiger partial charge is 0.381 e. The van der Waals surface area contributed by atoms with Crippen molar-refractivity contribution in [2.45, 2.75) is 12.8 Å². The van der Waals surface area contributed by atoms with E-state index in [4.69, 9.17) is 4.74 Å². The lowest BCUT2D eigenvalue weighted by Crippen LogP contribution is -2.26. The van der Waals surface area contributed by atoms with Gasteiger partial charge in [-0.15, -0.1) is 0 Å². The van der Waals surface area contributed by atoms with Gasteiger partial charge in [0, 0.05) is 32.0 Å². The van der Waals surface area contributed by atoms with Crippen molar-refractivity contribution in [2.24, 2.45) is 11.3 Å². The Labute approximate surface area is 72.7 Å². The first-order valence-electron chi connectivity index (χ1n) is 4.45. The molecule has 3 heteroatoms. The van der Waals surface area contributed by atoms with Gasteiger partial charge in [-0.25, -0.2) is 0 Å². The smallest absolute Gasteiger partial charge is 0.225 e. The van der Waals surface area contributed by atoms with Crippen LogP contribution in [-0.2, 0) is 9.53 Å². The second-order valence-electron chi connectivity index (χ2n) is 4.15.